The fourth-order valence-corrected chi connectivity index (χ4v) is 5.52. The van der Waals surface area contributed by atoms with Crippen molar-refractivity contribution in [1.29, 1.82) is 0 Å². The topological polar surface area (TPSA) is 91.8 Å². The lowest BCUT2D eigenvalue weighted by Crippen LogP contribution is -2.36. The van der Waals surface area contributed by atoms with E-state index in [-0.39, 0.29) is 24.3 Å². The van der Waals surface area contributed by atoms with Gasteiger partial charge in [0.2, 0.25) is 0 Å². The van der Waals surface area contributed by atoms with E-state index in [2.05, 4.69) is 10.2 Å². The van der Waals surface area contributed by atoms with Gasteiger partial charge in [-0.15, -0.1) is 0 Å². The molecule has 0 radical (unpaired) electrons. The summed E-state index contributed by atoms with van der Waals surface area (Å²) < 4.78 is 6.42. The first-order valence-electron chi connectivity index (χ1n) is 11.7. The molecule has 3 heterocycles. The Kier molecular flexibility index (Phi) is 5.71. The van der Waals surface area contributed by atoms with Crippen molar-refractivity contribution in [1.82, 2.24) is 9.88 Å². The second-order valence-electron chi connectivity index (χ2n) is 8.67. The predicted molar refractivity (Wildman–Crippen MR) is 138 cm³/mol. The fourth-order valence-electron chi connectivity index (χ4n) is 4.46. The third-order valence-electron chi connectivity index (χ3n) is 6.32. The first-order valence-corrected chi connectivity index (χ1v) is 12.5. The van der Waals surface area contributed by atoms with Crippen molar-refractivity contribution in [3.8, 4) is 0 Å². The van der Waals surface area contributed by atoms with Crippen LogP contribution in [-0.2, 0) is 11.3 Å². The number of thiazole rings is 1. The molecule has 8 nitrogen and oxygen atoms in total. The maximum Gasteiger partial charge on any atom is 0.261 e. The lowest BCUT2D eigenvalue weighted by atomic mass is 10.1. The van der Waals surface area contributed by atoms with E-state index in [1.54, 1.807) is 59.9 Å². The number of aromatic nitrogens is 1. The van der Waals surface area contributed by atoms with E-state index >= 15 is 0 Å². The SMILES string of the molecule is O=C(Nc1ccc2nc(N3CCOCC3)sc2c1)c1cccc(CN2C(=O)c3ccccc3C2=O)c1. The average Bonchev–Trinajstić information content (AvgIpc) is 3.44. The maximum absolute atomic E-state index is 13.0. The van der Waals surface area contributed by atoms with Crippen LogP contribution in [0.1, 0.15) is 36.6 Å². The van der Waals surface area contributed by atoms with Crippen LogP contribution in [0.4, 0.5) is 10.8 Å². The van der Waals surface area contributed by atoms with Crippen LogP contribution in [0.25, 0.3) is 10.2 Å². The number of amides is 3. The molecule has 36 heavy (non-hydrogen) atoms. The first-order chi connectivity index (χ1) is 17.6. The summed E-state index contributed by atoms with van der Waals surface area (Å²) in [6, 6.07) is 19.4. The standard InChI is InChI=1S/C27H22N4O4S/c32-24(28-19-8-9-22-23(15-19)36-27(29-22)30-10-12-35-13-11-30)18-5-3-4-17(14-18)16-31-25(33)20-6-1-2-7-21(20)26(31)34/h1-9,14-15H,10-13,16H2,(H,28,32). The summed E-state index contributed by atoms with van der Waals surface area (Å²) in [5, 5.41) is 3.91. The first kappa shape index (κ1) is 22.4. The molecule has 0 aliphatic carbocycles. The van der Waals surface area contributed by atoms with E-state index in [4.69, 9.17) is 9.72 Å². The second kappa shape index (κ2) is 9.18. The van der Waals surface area contributed by atoms with Gasteiger partial charge in [-0.05, 0) is 48.0 Å². The van der Waals surface area contributed by atoms with Crippen LogP contribution < -0.4 is 10.2 Å². The van der Waals surface area contributed by atoms with Crippen LogP contribution in [0.3, 0.4) is 0 Å². The summed E-state index contributed by atoms with van der Waals surface area (Å²) in [7, 11) is 0. The Morgan fingerprint density at radius 2 is 1.69 bits per heavy atom. The number of benzene rings is 3. The number of fused-ring (bicyclic) bond motifs is 2. The minimum absolute atomic E-state index is 0.102. The number of ether oxygens (including phenoxy) is 1. The van der Waals surface area contributed by atoms with Gasteiger partial charge >= 0.3 is 0 Å². The van der Waals surface area contributed by atoms with Gasteiger partial charge in [0.05, 0.1) is 41.1 Å². The number of rotatable bonds is 5. The van der Waals surface area contributed by atoms with Crippen LogP contribution in [0.2, 0.25) is 0 Å². The van der Waals surface area contributed by atoms with Crippen molar-refractivity contribution < 1.29 is 19.1 Å². The number of carbonyl (C=O) groups is 3. The summed E-state index contributed by atoms with van der Waals surface area (Å²) in [4.78, 5) is 46.5. The highest BCUT2D eigenvalue weighted by Crippen LogP contribution is 2.31. The summed E-state index contributed by atoms with van der Waals surface area (Å²) >= 11 is 1.59. The molecule has 1 N–H and O–H groups in total. The number of nitrogens with one attached hydrogen (secondary N) is 1. The number of carbonyl (C=O) groups excluding carboxylic acids is 3. The lowest BCUT2D eigenvalue weighted by molar-refractivity contribution is 0.0642. The number of imide groups is 1. The minimum atomic E-state index is -0.320. The smallest absolute Gasteiger partial charge is 0.261 e. The van der Waals surface area contributed by atoms with E-state index in [9.17, 15) is 14.4 Å². The lowest BCUT2D eigenvalue weighted by Gasteiger charge is -2.25. The van der Waals surface area contributed by atoms with Gasteiger partial charge < -0.3 is 15.0 Å². The van der Waals surface area contributed by atoms with E-state index in [0.29, 0.717) is 41.2 Å². The molecule has 4 aromatic rings. The van der Waals surface area contributed by atoms with Crippen molar-refractivity contribution in [3.05, 3.63) is 89.0 Å². The van der Waals surface area contributed by atoms with Gasteiger partial charge in [0.25, 0.3) is 17.7 Å². The van der Waals surface area contributed by atoms with Crippen LogP contribution in [0.5, 0.6) is 0 Å². The predicted octanol–water partition coefficient (Wildman–Crippen LogP) is 4.18. The Bertz CT molecular complexity index is 1470. The minimum Gasteiger partial charge on any atom is -0.378 e. The Morgan fingerprint density at radius 1 is 0.944 bits per heavy atom. The molecule has 0 unspecified atom stereocenters. The summed E-state index contributed by atoms with van der Waals surface area (Å²) in [6.45, 7) is 3.14. The highest BCUT2D eigenvalue weighted by Gasteiger charge is 2.35. The van der Waals surface area contributed by atoms with Crippen molar-refractivity contribution in [2.75, 3.05) is 36.5 Å². The Balaban J connectivity index is 1.17. The highest BCUT2D eigenvalue weighted by atomic mass is 32.1. The molecule has 0 bridgehead atoms. The zero-order chi connectivity index (χ0) is 24.6. The second-order valence-corrected chi connectivity index (χ2v) is 9.68. The molecule has 1 saturated heterocycles. The van der Waals surface area contributed by atoms with Gasteiger partial charge in [0.15, 0.2) is 5.13 Å². The third-order valence-corrected chi connectivity index (χ3v) is 7.40. The van der Waals surface area contributed by atoms with Crippen LogP contribution >= 0.6 is 11.3 Å². The van der Waals surface area contributed by atoms with E-state index < -0.39 is 0 Å². The molecule has 0 atom stereocenters. The molecule has 0 spiro atoms. The van der Waals surface area contributed by atoms with Crippen LogP contribution in [-0.4, -0.2) is 53.9 Å². The van der Waals surface area contributed by atoms with Crippen molar-refractivity contribution in [2.45, 2.75) is 6.54 Å². The van der Waals surface area contributed by atoms with E-state index in [0.717, 1.165) is 28.4 Å². The molecule has 1 fully saturated rings. The van der Waals surface area contributed by atoms with Gasteiger partial charge in [-0.3, -0.25) is 19.3 Å². The number of nitrogens with zero attached hydrogens (tertiary/aromatic N) is 3. The van der Waals surface area contributed by atoms with Gasteiger partial charge in [0.1, 0.15) is 0 Å². The molecule has 3 amide bonds. The van der Waals surface area contributed by atoms with E-state index in [1.165, 1.54) is 4.90 Å². The number of morpholine rings is 1. The van der Waals surface area contributed by atoms with Crippen molar-refractivity contribution >= 4 is 50.1 Å². The zero-order valence-corrected chi connectivity index (χ0v) is 20.1. The zero-order valence-electron chi connectivity index (χ0n) is 19.3. The molecule has 2 aliphatic heterocycles. The Hall–Kier alpha value is -4.08. The molecule has 1 aromatic heterocycles. The Labute approximate surface area is 211 Å². The molecule has 9 heteroatoms. The number of anilines is 2. The fraction of sp³-hybridized carbons (Fsp3) is 0.185. The van der Waals surface area contributed by atoms with Gasteiger partial charge in [0, 0.05) is 24.3 Å². The molecular weight excluding hydrogens is 476 g/mol. The monoisotopic (exact) mass is 498 g/mol. The summed E-state index contributed by atoms with van der Waals surface area (Å²) in [5.41, 5.74) is 3.53. The molecule has 180 valence electrons. The number of hydrogen-bond acceptors (Lipinski definition) is 7. The van der Waals surface area contributed by atoms with Gasteiger partial charge in [-0.1, -0.05) is 35.6 Å². The average molecular weight is 499 g/mol. The molecule has 6 rings (SSSR count). The quantitative estimate of drug-likeness (QED) is 0.415. The van der Waals surface area contributed by atoms with Crippen LogP contribution in [0, 0.1) is 0 Å². The van der Waals surface area contributed by atoms with Crippen LogP contribution in [0.15, 0.2) is 66.7 Å². The number of hydrogen-bond donors (Lipinski definition) is 1. The van der Waals surface area contributed by atoms with Crippen molar-refractivity contribution in [3.63, 3.8) is 0 Å². The van der Waals surface area contributed by atoms with Crippen molar-refractivity contribution in [2.24, 2.45) is 0 Å². The van der Waals surface area contributed by atoms with Gasteiger partial charge in [-0.25, -0.2) is 4.98 Å². The normalized spacial score (nSPS) is 15.4. The van der Waals surface area contributed by atoms with Gasteiger partial charge in [-0.2, -0.15) is 0 Å². The molecule has 2 aliphatic rings. The maximum atomic E-state index is 13.0. The summed E-state index contributed by atoms with van der Waals surface area (Å²) in [6.07, 6.45) is 0. The molecule has 0 saturated carbocycles. The largest absolute Gasteiger partial charge is 0.378 e. The summed E-state index contributed by atoms with van der Waals surface area (Å²) in [5.74, 6) is -0.906. The highest BCUT2D eigenvalue weighted by molar-refractivity contribution is 7.22. The Morgan fingerprint density at radius 3 is 2.44 bits per heavy atom. The molecular formula is C27H22N4O4S. The van der Waals surface area contributed by atoms with E-state index in [1.807, 2.05) is 18.2 Å². The third kappa shape index (κ3) is 4.12. The molecule has 3 aromatic carbocycles.